The standard InChI is InChI=1S/C13H17N3O/c1-16(2)8-7-14-9-11-10-5-3-4-6-12(10)15-13(11)17/h3-6,9,11H,7-8H2,1-2H3,(H,15,17). The van der Waals surface area contributed by atoms with Gasteiger partial charge in [0.05, 0.1) is 6.54 Å². The van der Waals surface area contributed by atoms with Gasteiger partial charge in [-0.25, -0.2) is 0 Å². The van der Waals surface area contributed by atoms with Crippen LogP contribution in [0.2, 0.25) is 0 Å². The average molecular weight is 231 g/mol. The fourth-order valence-corrected chi connectivity index (χ4v) is 1.82. The number of rotatable bonds is 4. The summed E-state index contributed by atoms with van der Waals surface area (Å²) < 4.78 is 0. The zero-order valence-electron chi connectivity index (χ0n) is 10.2. The molecule has 2 rings (SSSR count). The predicted molar refractivity (Wildman–Crippen MR) is 69.7 cm³/mol. The minimum Gasteiger partial charge on any atom is -0.325 e. The van der Waals surface area contributed by atoms with Crippen molar-refractivity contribution in [2.45, 2.75) is 5.92 Å². The number of nitrogens with zero attached hydrogens (tertiary/aromatic N) is 2. The minimum atomic E-state index is -0.228. The number of carbonyl (C=O) groups excluding carboxylic acids is 1. The summed E-state index contributed by atoms with van der Waals surface area (Å²) in [7, 11) is 4.01. The Morgan fingerprint density at radius 1 is 1.41 bits per heavy atom. The topological polar surface area (TPSA) is 44.7 Å². The summed E-state index contributed by atoms with van der Waals surface area (Å²) in [5.41, 5.74) is 1.92. The smallest absolute Gasteiger partial charge is 0.237 e. The molecule has 0 saturated heterocycles. The van der Waals surface area contributed by atoms with Crippen molar-refractivity contribution in [3.8, 4) is 0 Å². The van der Waals surface area contributed by atoms with Gasteiger partial charge in [0.25, 0.3) is 0 Å². The van der Waals surface area contributed by atoms with E-state index in [2.05, 4.69) is 15.2 Å². The first kappa shape index (κ1) is 11.8. The first-order valence-corrected chi connectivity index (χ1v) is 5.73. The molecule has 0 bridgehead atoms. The van der Waals surface area contributed by atoms with Crippen LogP contribution in [-0.4, -0.2) is 44.2 Å². The maximum Gasteiger partial charge on any atom is 0.237 e. The summed E-state index contributed by atoms with van der Waals surface area (Å²) in [5.74, 6) is -0.215. The molecule has 0 aliphatic carbocycles. The molecule has 1 atom stereocenters. The summed E-state index contributed by atoms with van der Waals surface area (Å²) in [5, 5.41) is 2.86. The highest BCUT2D eigenvalue weighted by molar-refractivity contribution is 6.12. The van der Waals surface area contributed by atoms with Crippen molar-refractivity contribution < 1.29 is 4.79 Å². The summed E-state index contributed by atoms with van der Waals surface area (Å²) in [4.78, 5) is 18.1. The van der Waals surface area contributed by atoms with E-state index in [4.69, 9.17) is 0 Å². The lowest BCUT2D eigenvalue weighted by Gasteiger charge is -2.06. The van der Waals surface area contributed by atoms with E-state index in [0.29, 0.717) is 0 Å². The highest BCUT2D eigenvalue weighted by Crippen LogP contribution is 2.30. The monoisotopic (exact) mass is 231 g/mol. The molecule has 0 saturated carbocycles. The summed E-state index contributed by atoms with van der Waals surface area (Å²) in [6, 6.07) is 7.75. The highest BCUT2D eigenvalue weighted by atomic mass is 16.2. The van der Waals surface area contributed by atoms with Gasteiger partial charge in [0.2, 0.25) is 5.91 Å². The molecule has 0 aromatic heterocycles. The maximum absolute atomic E-state index is 11.7. The Labute approximate surface area is 101 Å². The number of hydrogen-bond donors (Lipinski definition) is 1. The molecule has 4 heteroatoms. The molecule has 0 radical (unpaired) electrons. The van der Waals surface area contributed by atoms with Crippen molar-refractivity contribution >= 4 is 17.8 Å². The van der Waals surface area contributed by atoms with E-state index in [9.17, 15) is 4.79 Å². The molecule has 4 nitrogen and oxygen atoms in total. The van der Waals surface area contributed by atoms with Gasteiger partial charge in [-0.2, -0.15) is 0 Å². The van der Waals surface area contributed by atoms with Crippen molar-refractivity contribution in [3.05, 3.63) is 29.8 Å². The number of aliphatic imine (C=N–C) groups is 1. The van der Waals surface area contributed by atoms with Crippen LogP contribution in [0.25, 0.3) is 0 Å². The van der Waals surface area contributed by atoms with E-state index in [1.807, 2.05) is 38.4 Å². The van der Waals surface area contributed by atoms with Crippen LogP contribution in [0.15, 0.2) is 29.3 Å². The Balaban J connectivity index is 2.04. The van der Waals surface area contributed by atoms with Gasteiger partial charge in [-0.3, -0.25) is 9.79 Å². The largest absolute Gasteiger partial charge is 0.325 e. The lowest BCUT2D eigenvalue weighted by Crippen LogP contribution is -2.17. The quantitative estimate of drug-likeness (QED) is 0.795. The third-order valence-electron chi connectivity index (χ3n) is 2.77. The van der Waals surface area contributed by atoms with E-state index >= 15 is 0 Å². The van der Waals surface area contributed by atoms with Gasteiger partial charge in [-0.05, 0) is 25.7 Å². The summed E-state index contributed by atoms with van der Waals surface area (Å²) in [6.45, 7) is 1.62. The number of nitrogens with one attached hydrogen (secondary N) is 1. The van der Waals surface area contributed by atoms with Crippen molar-refractivity contribution in [3.63, 3.8) is 0 Å². The van der Waals surface area contributed by atoms with E-state index in [-0.39, 0.29) is 11.8 Å². The van der Waals surface area contributed by atoms with Gasteiger partial charge >= 0.3 is 0 Å². The van der Waals surface area contributed by atoms with Gasteiger partial charge in [0.15, 0.2) is 0 Å². The number of amides is 1. The molecule has 90 valence electrons. The number of fused-ring (bicyclic) bond motifs is 1. The number of hydrogen-bond acceptors (Lipinski definition) is 3. The van der Waals surface area contributed by atoms with Gasteiger partial charge in [-0.1, -0.05) is 18.2 Å². The number of para-hydroxylation sites is 1. The molecular weight excluding hydrogens is 214 g/mol. The third kappa shape index (κ3) is 2.71. The molecule has 1 aliphatic rings. The Morgan fingerprint density at radius 2 is 2.18 bits per heavy atom. The number of benzene rings is 1. The Kier molecular flexibility index (Phi) is 3.54. The lowest BCUT2D eigenvalue weighted by molar-refractivity contribution is -0.115. The molecular formula is C13H17N3O. The normalized spacial score (nSPS) is 18.8. The van der Waals surface area contributed by atoms with Crippen LogP contribution in [0.3, 0.4) is 0 Å². The van der Waals surface area contributed by atoms with Crippen molar-refractivity contribution in [1.82, 2.24) is 4.90 Å². The Morgan fingerprint density at radius 3 is 2.94 bits per heavy atom. The number of carbonyl (C=O) groups is 1. The zero-order chi connectivity index (χ0) is 12.3. The van der Waals surface area contributed by atoms with Crippen LogP contribution in [0.4, 0.5) is 5.69 Å². The minimum absolute atomic E-state index is 0.0137. The van der Waals surface area contributed by atoms with Gasteiger partial charge < -0.3 is 10.2 Å². The average Bonchev–Trinajstić information content (AvgIpc) is 2.60. The highest BCUT2D eigenvalue weighted by Gasteiger charge is 2.28. The molecule has 17 heavy (non-hydrogen) atoms. The predicted octanol–water partition coefficient (Wildman–Crippen LogP) is 1.35. The van der Waals surface area contributed by atoms with Crippen LogP contribution >= 0.6 is 0 Å². The molecule has 1 aromatic rings. The van der Waals surface area contributed by atoms with E-state index < -0.39 is 0 Å². The number of likely N-dealkylation sites (N-methyl/N-ethyl adjacent to an activating group) is 1. The van der Waals surface area contributed by atoms with E-state index in [1.165, 1.54) is 0 Å². The van der Waals surface area contributed by atoms with Gasteiger partial charge in [0, 0.05) is 18.4 Å². The SMILES string of the molecule is CN(C)CCN=CC1C(=O)Nc2ccccc21. The molecule has 1 aliphatic heterocycles. The molecule has 0 spiro atoms. The van der Waals surface area contributed by atoms with Crippen LogP contribution in [0.5, 0.6) is 0 Å². The maximum atomic E-state index is 11.7. The van der Waals surface area contributed by atoms with Gasteiger partial charge in [-0.15, -0.1) is 0 Å². The van der Waals surface area contributed by atoms with E-state index in [1.54, 1.807) is 6.21 Å². The summed E-state index contributed by atoms with van der Waals surface area (Å²) in [6.07, 6.45) is 1.75. The molecule has 1 N–H and O–H groups in total. The Bertz CT molecular complexity index is 440. The second kappa shape index (κ2) is 5.10. The molecule has 0 fully saturated rings. The van der Waals surface area contributed by atoms with Gasteiger partial charge in [0.1, 0.15) is 5.92 Å². The molecule has 1 unspecified atom stereocenters. The zero-order valence-corrected chi connectivity index (χ0v) is 10.2. The Hall–Kier alpha value is -1.68. The van der Waals surface area contributed by atoms with Crippen molar-refractivity contribution in [1.29, 1.82) is 0 Å². The van der Waals surface area contributed by atoms with Crippen molar-refractivity contribution in [2.75, 3.05) is 32.5 Å². The second-order valence-electron chi connectivity index (χ2n) is 4.41. The van der Waals surface area contributed by atoms with Crippen LogP contribution in [0.1, 0.15) is 11.5 Å². The molecule has 1 aromatic carbocycles. The van der Waals surface area contributed by atoms with E-state index in [0.717, 1.165) is 24.3 Å². The lowest BCUT2D eigenvalue weighted by atomic mass is 10.0. The summed E-state index contributed by atoms with van der Waals surface area (Å²) >= 11 is 0. The third-order valence-corrected chi connectivity index (χ3v) is 2.77. The molecule has 1 amide bonds. The van der Waals surface area contributed by atoms with Crippen LogP contribution < -0.4 is 5.32 Å². The van der Waals surface area contributed by atoms with Crippen LogP contribution in [-0.2, 0) is 4.79 Å². The van der Waals surface area contributed by atoms with Crippen molar-refractivity contribution in [2.24, 2.45) is 4.99 Å². The first-order chi connectivity index (χ1) is 8.18. The first-order valence-electron chi connectivity index (χ1n) is 5.73. The fraction of sp³-hybridized carbons (Fsp3) is 0.385. The number of anilines is 1. The van der Waals surface area contributed by atoms with Crippen LogP contribution in [0, 0.1) is 0 Å². The fourth-order valence-electron chi connectivity index (χ4n) is 1.82. The molecule has 1 heterocycles. The second-order valence-corrected chi connectivity index (χ2v) is 4.41.